The van der Waals surface area contributed by atoms with E-state index < -0.39 is 6.10 Å². The van der Waals surface area contributed by atoms with Gasteiger partial charge >= 0.3 is 5.97 Å². The van der Waals surface area contributed by atoms with E-state index >= 15 is 0 Å². The van der Waals surface area contributed by atoms with Crippen LogP contribution in [0.25, 0.3) is 10.9 Å². The van der Waals surface area contributed by atoms with Gasteiger partial charge in [0.05, 0.1) is 12.7 Å². The highest BCUT2D eigenvalue weighted by Gasteiger charge is 2.23. The van der Waals surface area contributed by atoms with Crippen molar-refractivity contribution in [1.29, 1.82) is 0 Å². The number of hydrogen-bond donors (Lipinski definition) is 2. The quantitative estimate of drug-likeness (QED) is 0.805. The Hall–Kier alpha value is -1.85. The number of hydrogen-bond acceptors (Lipinski definition) is 4. The molecule has 0 radical (unpaired) electrons. The summed E-state index contributed by atoms with van der Waals surface area (Å²) in [5.74, 6) is -0.300. The van der Waals surface area contributed by atoms with Crippen LogP contribution in [0.4, 0.5) is 0 Å². The number of H-pyrrole nitrogens is 1. The summed E-state index contributed by atoms with van der Waals surface area (Å²) in [6.07, 6.45) is 1.87. The fourth-order valence-electron chi connectivity index (χ4n) is 2.25. The molecule has 0 aliphatic rings. The van der Waals surface area contributed by atoms with Gasteiger partial charge in [-0.25, -0.2) is 4.79 Å². The van der Waals surface area contributed by atoms with Gasteiger partial charge < -0.3 is 19.6 Å². The summed E-state index contributed by atoms with van der Waals surface area (Å²) in [4.78, 5) is 15.2. The number of carbonyl (C=O) groups is 1. The molecule has 0 saturated heterocycles. The van der Waals surface area contributed by atoms with Crippen molar-refractivity contribution in [3.8, 4) is 0 Å². The summed E-state index contributed by atoms with van der Waals surface area (Å²) in [7, 11) is 1.00. The summed E-state index contributed by atoms with van der Waals surface area (Å²) in [5.41, 5.74) is 2.13. The lowest BCUT2D eigenvalue weighted by atomic mass is 10.1. The van der Waals surface area contributed by atoms with Gasteiger partial charge in [0.1, 0.15) is 0 Å². The van der Waals surface area contributed by atoms with Crippen LogP contribution in [0.5, 0.6) is 0 Å². The van der Waals surface area contributed by atoms with Gasteiger partial charge in [-0.15, -0.1) is 0 Å². The molecule has 1 atom stereocenters. The van der Waals surface area contributed by atoms with Crippen molar-refractivity contribution < 1.29 is 19.4 Å². The molecule has 0 spiro atoms. The number of para-hydroxylation sites is 1. The highest BCUT2D eigenvalue weighted by atomic mass is 16.6. The molecule has 5 nitrogen and oxygen atoms in total. The molecule has 1 heterocycles. The number of aromatic amines is 1. The maximum atomic E-state index is 12.0. The lowest BCUT2D eigenvalue weighted by Gasteiger charge is -2.18. The van der Waals surface area contributed by atoms with Crippen LogP contribution in [-0.4, -0.2) is 42.0 Å². The minimum absolute atomic E-state index is 0.0189. The van der Waals surface area contributed by atoms with E-state index in [1.807, 2.05) is 44.3 Å². The lowest BCUT2D eigenvalue weighted by Crippen LogP contribution is -2.31. The normalized spacial score (nSPS) is 11.9. The SMILES string of the molecule is CCOC(=O)C(Cc1c[nH]c2ccccc12)OC(C)C.CO. The molecule has 0 aliphatic carbocycles. The largest absolute Gasteiger partial charge is 0.464 e. The topological polar surface area (TPSA) is 71.6 Å². The fraction of sp³-hybridized carbons (Fsp3) is 0.471. The van der Waals surface area contributed by atoms with E-state index in [1.54, 1.807) is 6.92 Å². The number of aliphatic hydroxyl groups is 1. The molecule has 122 valence electrons. The van der Waals surface area contributed by atoms with Crippen LogP contribution in [0.3, 0.4) is 0 Å². The predicted octanol–water partition coefficient (Wildman–Crippen LogP) is 2.68. The Morgan fingerprint density at radius 1 is 1.27 bits per heavy atom. The molecule has 5 heteroatoms. The van der Waals surface area contributed by atoms with Crippen molar-refractivity contribution in [1.82, 2.24) is 4.98 Å². The van der Waals surface area contributed by atoms with Crippen LogP contribution >= 0.6 is 0 Å². The summed E-state index contributed by atoms with van der Waals surface area (Å²) in [6.45, 7) is 6.00. The monoisotopic (exact) mass is 307 g/mol. The van der Waals surface area contributed by atoms with Gasteiger partial charge in [0, 0.05) is 30.6 Å². The number of fused-ring (bicyclic) bond motifs is 1. The molecule has 0 fully saturated rings. The van der Waals surface area contributed by atoms with Gasteiger partial charge in [0.25, 0.3) is 0 Å². The van der Waals surface area contributed by atoms with Crippen LogP contribution in [0.2, 0.25) is 0 Å². The predicted molar refractivity (Wildman–Crippen MR) is 86.8 cm³/mol. The summed E-state index contributed by atoms with van der Waals surface area (Å²) in [6, 6.07) is 8.03. The third kappa shape index (κ3) is 4.86. The zero-order valence-electron chi connectivity index (χ0n) is 13.6. The van der Waals surface area contributed by atoms with Gasteiger partial charge in [-0.1, -0.05) is 18.2 Å². The number of ether oxygens (including phenoxy) is 2. The van der Waals surface area contributed by atoms with Crippen molar-refractivity contribution in [3.63, 3.8) is 0 Å². The van der Waals surface area contributed by atoms with Crippen molar-refractivity contribution in [2.24, 2.45) is 0 Å². The summed E-state index contributed by atoms with van der Waals surface area (Å²) in [5, 5.41) is 8.12. The number of carbonyl (C=O) groups excluding carboxylic acids is 1. The van der Waals surface area contributed by atoms with Crippen molar-refractivity contribution >= 4 is 16.9 Å². The molecule has 0 amide bonds. The van der Waals surface area contributed by atoms with E-state index in [9.17, 15) is 4.79 Å². The van der Waals surface area contributed by atoms with Crippen LogP contribution in [0.1, 0.15) is 26.3 Å². The van der Waals surface area contributed by atoms with Gasteiger partial charge in [-0.2, -0.15) is 0 Å². The second kappa shape index (κ2) is 9.23. The third-order valence-electron chi connectivity index (χ3n) is 3.07. The first-order valence-corrected chi connectivity index (χ1v) is 7.43. The molecule has 0 bridgehead atoms. The first-order valence-electron chi connectivity index (χ1n) is 7.43. The molecule has 0 saturated carbocycles. The fourth-order valence-corrected chi connectivity index (χ4v) is 2.25. The molecule has 2 N–H and O–H groups in total. The molecule has 2 rings (SSSR count). The van der Waals surface area contributed by atoms with Crippen LogP contribution in [0, 0.1) is 0 Å². The Kier molecular flexibility index (Phi) is 7.63. The molecule has 0 aliphatic heterocycles. The Morgan fingerprint density at radius 2 is 1.95 bits per heavy atom. The summed E-state index contributed by atoms with van der Waals surface area (Å²) < 4.78 is 10.8. The van der Waals surface area contributed by atoms with Gasteiger partial charge in [-0.05, 0) is 32.4 Å². The van der Waals surface area contributed by atoms with E-state index in [1.165, 1.54) is 0 Å². The van der Waals surface area contributed by atoms with Crippen LogP contribution in [-0.2, 0) is 20.7 Å². The molecule has 1 aromatic heterocycles. The molecule has 2 aromatic rings. The Balaban J connectivity index is 0.00000116. The van der Waals surface area contributed by atoms with Gasteiger partial charge in [-0.3, -0.25) is 0 Å². The first kappa shape index (κ1) is 18.2. The average molecular weight is 307 g/mol. The van der Waals surface area contributed by atoms with Crippen molar-refractivity contribution in [2.75, 3.05) is 13.7 Å². The lowest BCUT2D eigenvalue weighted by molar-refractivity contribution is -0.159. The van der Waals surface area contributed by atoms with Gasteiger partial charge in [0.15, 0.2) is 6.10 Å². The molecule has 1 aromatic carbocycles. The zero-order valence-corrected chi connectivity index (χ0v) is 13.6. The third-order valence-corrected chi connectivity index (χ3v) is 3.07. The van der Waals surface area contributed by atoms with Crippen LogP contribution < -0.4 is 0 Å². The Bertz CT molecular complexity index is 577. The van der Waals surface area contributed by atoms with Crippen LogP contribution in [0.15, 0.2) is 30.5 Å². The first-order chi connectivity index (χ1) is 10.6. The average Bonchev–Trinajstić information content (AvgIpc) is 2.92. The Morgan fingerprint density at radius 3 is 2.59 bits per heavy atom. The van der Waals surface area contributed by atoms with Crippen molar-refractivity contribution in [2.45, 2.75) is 39.4 Å². The highest BCUT2D eigenvalue weighted by molar-refractivity contribution is 5.84. The van der Waals surface area contributed by atoms with Gasteiger partial charge in [0.2, 0.25) is 0 Å². The van der Waals surface area contributed by atoms with E-state index in [0.29, 0.717) is 13.0 Å². The molecule has 22 heavy (non-hydrogen) atoms. The minimum Gasteiger partial charge on any atom is -0.464 e. The maximum absolute atomic E-state index is 12.0. The number of esters is 1. The minimum atomic E-state index is -0.561. The summed E-state index contributed by atoms with van der Waals surface area (Å²) >= 11 is 0. The molecular formula is C17H25NO4. The standard InChI is InChI=1S/C16H21NO3.CH4O/c1-4-19-16(18)15(20-11(2)3)9-12-10-17-14-8-6-5-7-13(12)14;1-2/h5-8,10-11,15,17H,4,9H2,1-3H3;2H,1H3. The molecule has 1 unspecified atom stereocenters. The number of rotatable bonds is 6. The second-order valence-electron chi connectivity index (χ2n) is 4.99. The number of benzene rings is 1. The zero-order chi connectivity index (χ0) is 16.5. The smallest absolute Gasteiger partial charge is 0.335 e. The van der Waals surface area contributed by atoms with Crippen molar-refractivity contribution in [3.05, 3.63) is 36.0 Å². The van der Waals surface area contributed by atoms with E-state index in [2.05, 4.69) is 4.98 Å². The van der Waals surface area contributed by atoms with E-state index in [4.69, 9.17) is 14.6 Å². The number of aromatic nitrogens is 1. The van der Waals surface area contributed by atoms with E-state index in [-0.39, 0.29) is 12.1 Å². The molecular weight excluding hydrogens is 282 g/mol. The maximum Gasteiger partial charge on any atom is 0.335 e. The second-order valence-corrected chi connectivity index (χ2v) is 4.99. The number of aliphatic hydroxyl groups excluding tert-OH is 1. The number of nitrogens with one attached hydrogen (secondary N) is 1. The highest BCUT2D eigenvalue weighted by Crippen LogP contribution is 2.20. The van der Waals surface area contributed by atoms with E-state index in [0.717, 1.165) is 23.6 Å². The Labute approximate surface area is 131 Å².